The van der Waals surface area contributed by atoms with Crippen LogP contribution in [0.1, 0.15) is 32.2 Å². The number of carbonyl (C=O) groups excluding carboxylic acids is 1. The monoisotopic (exact) mass is 271 g/mol. The molecule has 6 heteroatoms. The number of carboxylic acids is 1. The van der Waals surface area contributed by atoms with Gasteiger partial charge in [0.2, 0.25) is 0 Å². The van der Waals surface area contributed by atoms with Crippen molar-refractivity contribution < 1.29 is 14.7 Å². The summed E-state index contributed by atoms with van der Waals surface area (Å²) in [6.45, 7) is 2.18. The van der Waals surface area contributed by atoms with Gasteiger partial charge in [-0.1, -0.05) is 6.07 Å². The van der Waals surface area contributed by atoms with Gasteiger partial charge in [0.15, 0.2) is 0 Å². The minimum absolute atomic E-state index is 0.0955. The fourth-order valence-electron chi connectivity index (χ4n) is 1.63. The van der Waals surface area contributed by atoms with Crippen molar-refractivity contribution >= 4 is 11.9 Å². The number of pyridine rings is 2. The number of nitrogens with zero attached hydrogens (tertiary/aromatic N) is 2. The number of carboxylic acid groups (broad SMARTS) is 1. The SMILES string of the molecule is Cc1cccc(CNC(=O)c2ccc(C(=O)O)nc2)n1. The van der Waals surface area contributed by atoms with Crippen molar-refractivity contribution in [1.29, 1.82) is 0 Å². The third kappa shape index (κ3) is 3.38. The van der Waals surface area contributed by atoms with Gasteiger partial charge >= 0.3 is 5.97 Å². The van der Waals surface area contributed by atoms with Crippen LogP contribution in [0.5, 0.6) is 0 Å². The number of aromatic nitrogens is 2. The Kier molecular flexibility index (Phi) is 4.05. The third-order valence-electron chi connectivity index (χ3n) is 2.62. The highest BCUT2D eigenvalue weighted by Gasteiger charge is 2.09. The van der Waals surface area contributed by atoms with Gasteiger partial charge in [-0.25, -0.2) is 9.78 Å². The van der Waals surface area contributed by atoms with Gasteiger partial charge in [0.1, 0.15) is 5.69 Å². The summed E-state index contributed by atoms with van der Waals surface area (Å²) in [7, 11) is 0. The van der Waals surface area contributed by atoms with Crippen LogP contribution in [0.25, 0.3) is 0 Å². The largest absolute Gasteiger partial charge is 0.477 e. The molecule has 0 aliphatic heterocycles. The van der Waals surface area contributed by atoms with E-state index in [1.807, 2.05) is 25.1 Å². The number of rotatable bonds is 4. The molecule has 2 N–H and O–H groups in total. The molecule has 2 rings (SSSR count). The first kappa shape index (κ1) is 13.7. The third-order valence-corrected chi connectivity index (χ3v) is 2.62. The van der Waals surface area contributed by atoms with Crippen LogP contribution in [0.4, 0.5) is 0 Å². The molecule has 0 spiro atoms. The number of hydrogen-bond acceptors (Lipinski definition) is 4. The second kappa shape index (κ2) is 5.92. The highest BCUT2D eigenvalue weighted by atomic mass is 16.4. The molecule has 2 aromatic heterocycles. The van der Waals surface area contributed by atoms with Crippen LogP contribution < -0.4 is 5.32 Å². The molecule has 2 aromatic rings. The van der Waals surface area contributed by atoms with E-state index in [-0.39, 0.29) is 11.6 Å². The minimum Gasteiger partial charge on any atom is -0.477 e. The topological polar surface area (TPSA) is 92.2 Å². The molecule has 0 aromatic carbocycles. The van der Waals surface area contributed by atoms with Gasteiger partial charge in [-0.3, -0.25) is 9.78 Å². The average Bonchev–Trinajstić information content (AvgIpc) is 2.45. The Bertz CT molecular complexity index is 638. The van der Waals surface area contributed by atoms with Crippen molar-refractivity contribution in [2.75, 3.05) is 0 Å². The van der Waals surface area contributed by atoms with Gasteiger partial charge in [0.05, 0.1) is 17.8 Å². The number of nitrogens with one attached hydrogen (secondary N) is 1. The molecule has 6 nitrogen and oxygen atoms in total. The molecule has 0 saturated heterocycles. The summed E-state index contributed by atoms with van der Waals surface area (Å²) in [5.41, 5.74) is 1.85. The normalized spacial score (nSPS) is 10.1. The first-order valence-electron chi connectivity index (χ1n) is 5.96. The zero-order chi connectivity index (χ0) is 14.5. The van der Waals surface area contributed by atoms with Crippen molar-refractivity contribution in [2.45, 2.75) is 13.5 Å². The van der Waals surface area contributed by atoms with Crippen molar-refractivity contribution in [3.63, 3.8) is 0 Å². The molecule has 2 heterocycles. The second-order valence-corrected chi connectivity index (χ2v) is 4.19. The number of hydrogen-bond donors (Lipinski definition) is 2. The van der Waals surface area contributed by atoms with Crippen LogP contribution in [0.3, 0.4) is 0 Å². The fraction of sp³-hybridized carbons (Fsp3) is 0.143. The van der Waals surface area contributed by atoms with E-state index >= 15 is 0 Å². The summed E-state index contributed by atoms with van der Waals surface area (Å²) in [4.78, 5) is 30.5. The molecule has 0 saturated carbocycles. The van der Waals surface area contributed by atoms with E-state index in [0.29, 0.717) is 12.1 Å². The Morgan fingerprint density at radius 3 is 2.65 bits per heavy atom. The maximum absolute atomic E-state index is 11.9. The molecule has 0 radical (unpaired) electrons. The van der Waals surface area contributed by atoms with E-state index in [4.69, 9.17) is 5.11 Å². The molecule has 20 heavy (non-hydrogen) atoms. The second-order valence-electron chi connectivity index (χ2n) is 4.19. The molecule has 0 atom stereocenters. The molecular weight excluding hydrogens is 258 g/mol. The Morgan fingerprint density at radius 2 is 2.05 bits per heavy atom. The predicted molar refractivity (Wildman–Crippen MR) is 71.3 cm³/mol. The number of carbonyl (C=O) groups is 2. The van der Waals surface area contributed by atoms with Crippen LogP contribution in [0.2, 0.25) is 0 Å². The molecular formula is C14H13N3O3. The van der Waals surface area contributed by atoms with Crippen LogP contribution in [0, 0.1) is 6.92 Å². The van der Waals surface area contributed by atoms with Gasteiger partial charge < -0.3 is 10.4 Å². The van der Waals surface area contributed by atoms with E-state index in [0.717, 1.165) is 11.4 Å². The van der Waals surface area contributed by atoms with Crippen LogP contribution in [-0.4, -0.2) is 27.0 Å². The van der Waals surface area contributed by atoms with Crippen LogP contribution in [0.15, 0.2) is 36.5 Å². The maximum Gasteiger partial charge on any atom is 0.354 e. The number of aromatic carboxylic acids is 1. The Labute approximate surface area is 115 Å². The standard InChI is InChI=1S/C14H13N3O3/c1-9-3-2-4-11(17-9)8-16-13(18)10-5-6-12(14(19)20)15-7-10/h2-7H,8H2,1H3,(H,16,18)(H,19,20). The van der Waals surface area contributed by atoms with Gasteiger partial charge in [0, 0.05) is 11.9 Å². The molecule has 102 valence electrons. The predicted octanol–water partition coefficient (Wildman–Crippen LogP) is 1.41. The molecule has 0 unspecified atom stereocenters. The fourth-order valence-corrected chi connectivity index (χ4v) is 1.63. The highest BCUT2D eigenvalue weighted by Crippen LogP contribution is 2.02. The van der Waals surface area contributed by atoms with Gasteiger partial charge in [-0.05, 0) is 31.2 Å². The van der Waals surface area contributed by atoms with Gasteiger partial charge in [0.25, 0.3) is 5.91 Å². The zero-order valence-corrected chi connectivity index (χ0v) is 10.8. The van der Waals surface area contributed by atoms with Crippen LogP contribution >= 0.6 is 0 Å². The minimum atomic E-state index is -1.12. The highest BCUT2D eigenvalue weighted by molar-refractivity contribution is 5.94. The summed E-state index contributed by atoms with van der Waals surface area (Å²) < 4.78 is 0. The summed E-state index contributed by atoms with van der Waals surface area (Å²) in [5.74, 6) is -1.45. The first-order valence-corrected chi connectivity index (χ1v) is 5.96. The Hall–Kier alpha value is -2.76. The Balaban J connectivity index is 1.99. The lowest BCUT2D eigenvalue weighted by molar-refractivity contribution is 0.0689. The summed E-state index contributed by atoms with van der Waals surface area (Å²) in [6, 6.07) is 8.28. The molecule has 0 aliphatic carbocycles. The average molecular weight is 271 g/mol. The molecule has 0 fully saturated rings. The quantitative estimate of drug-likeness (QED) is 0.877. The molecule has 0 bridgehead atoms. The van der Waals surface area contributed by atoms with E-state index in [1.165, 1.54) is 18.3 Å². The van der Waals surface area contributed by atoms with Crippen molar-refractivity contribution in [3.8, 4) is 0 Å². The van der Waals surface area contributed by atoms with Gasteiger partial charge in [-0.15, -0.1) is 0 Å². The van der Waals surface area contributed by atoms with Gasteiger partial charge in [-0.2, -0.15) is 0 Å². The smallest absolute Gasteiger partial charge is 0.354 e. The molecule has 0 aliphatic rings. The number of aryl methyl sites for hydroxylation is 1. The lowest BCUT2D eigenvalue weighted by Gasteiger charge is -2.05. The maximum atomic E-state index is 11.9. The summed E-state index contributed by atoms with van der Waals surface area (Å²) >= 11 is 0. The van der Waals surface area contributed by atoms with Crippen molar-refractivity contribution in [2.24, 2.45) is 0 Å². The van der Waals surface area contributed by atoms with E-state index in [1.54, 1.807) is 0 Å². The van der Waals surface area contributed by atoms with Crippen LogP contribution in [-0.2, 0) is 6.54 Å². The lowest BCUT2D eigenvalue weighted by atomic mass is 10.2. The van der Waals surface area contributed by atoms with E-state index < -0.39 is 5.97 Å². The van der Waals surface area contributed by atoms with E-state index in [9.17, 15) is 9.59 Å². The van der Waals surface area contributed by atoms with Crippen molar-refractivity contribution in [3.05, 3.63) is 59.2 Å². The Morgan fingerprint density at radius 1 is 1.25 bits per heavy atom. The summed E-state index contributed by atoms with van der Waals surface area (Å²) in [6.07, 6.45) is 1.24. The first-order chi connectivity index (χ1) is 9.56. The summed E-state index contributed by atoms with van der Waals surface area (Å²) in [5, 5.41) is 11.4. The lowest BCUT2D eigenvalue weighted by Crippen LogP contribution is -2.23. The number of amides is 1. The zero-order valence-electron chi connectivity index (χ0n) is 10.8. The van der Waals surface area contributed by atoms with Crippen molar-refractivity contribution in [1.82, 2.24) is 15.3 Å². The van der Waals surface area contributed by atoms with E-state index in [2.05, 4.69) is 15.3 Å². The molecule has 1 amide bonds.